The minimum atomic E-state index is -4.25. The van der Waals surface area contributed by atoms with Crippen LogP contribution in [0, 0.1) is 16.7 Å². The largest absolute Gasteiger partial charge is 0.425 e. The molecule has 0 amide bonds. The van der Waals surface area contributed by atoms with Crippen LogP contribution in [0.3, 0.4) is 0 Å². The average Bonchev–Trinajstić information content (AvgIpc) is 3.22. The highest BCUT2D eigenvalue weighted by atomic mass is 32.2. The molecular weight excluding hydrogens is 528 g/mol. The van der Waals surface area contributed by atoms with Gasteiger partial charge in [-0.05, 0) is 48.3 Å². The van der Waals surface area contributed by atoms with Crippen molar-refractivity contribution in [2.24, 2.45) is 16.7 Å². The van der Waals surface area contributed by atoms with Gasteiger partial charge in [-0.3, -0.25) is 14.4 Å². The summed E-state index contributed by atoms with van der Waals surface area (Å²) in [6, 6.07) is 26.4. The van der Waals surface area contributed by atoms with Gasteiger partial charge in [-0.2, -0.15) is 0 Å². The van der Waals surface area contributed by atoms with Crippen LogP contribution in [0.2, 0.25) is 0 Å². The number of carbonyl (C=O) groups excluding carboxylic acids is 3. The third-order valence-electron chi connectivity index (χ3n) is 8.18. The molecule has 5 rings (SSSR count). The Bertz CT molecular complexity index is 1600. The van der Waals surface area contributed by atoms with Gasteiger partial charge in [0.1, 0.15) is 0 Å². The smallest absolute Gasteiger partial charge is 0.305 e. The van der Waals surface area contributed by atoms with Crippen molar-refractivity contribution in [3.05, 3.63) is 102 Å². The summed E-state index contributed by atoms with van der Waals surface area (Å²) in [7, 11) is -4.25. The number of fused-ring (bicyclic) bond motifs is 2. The Kier molecular flexibility index (Phi) is 6.78. The third-order valence-corrected chi connectivity index (χ3v) is 10.5. The minimum Gasteiger partial charge on any atom is -0.425 e. The first-order valence-corrected chi connectivity index (χ1v) is 14.5. The number of hydrogen-bond donors (Lipinski definition) is 0. The summed E-state index contributed by atoms with van der Waals surface area (Å²) in [5.74, 6) is -3.10. The highest BCUT2D eigenvalue weighted by Crippen LogP contribution is 2.72. The summed E-state index contributed by atoms with van der Waals surface area (Å²) in [6.45, 7) is 5.63. The van der Waals surface area contributed by atoms with E-state index in [1.54, 1.807) is 32.0 Å². The van der Waals surface area contributed by atoms with Gasteiger partial charge in [-0.1, -0.05) is 78.9 Å². The molecule has 206 valence electrons. The SMILES string of the molecule is CC(=O)OC(OC(C)=O)C1C(S(=O)(=O)c2ccccc2)C2(C)C(=O)C1(C)C(c1ccccc1)=C2c1ccccc1. The van der Waals surface area contributed by atoms with E-state index in [1.807, 2.05) is 60.7 Å². The molecule has 2 aliphatic carbocycles. The highest BCUT2D eigenvalue weighted by Gasteiger charge is 2.77. The molecule has 0 aromatic heterocycles. The van der Waals surface area contributed by atoms with Gasteiger partial charge in [0.15, 0.2) is 15.6 Å². The third kappa shape index (κ3) is 4.01. The molecule has 1 fully saturated rings. The molecule has 0 heterocycles. The van der Waals surface area contributed by atoms with E-state index in [1.165, 1.54) is 12.1 Å². The van der Waals surface area contributed by atoms with Crippen LogP contribution < -0.4 is 0 Å². The van der Waals surface area contributed by atoms with Crippen LogP contribution >= 0.6 is 0 Å². The molecule has 4 unspecified atom stereocenters. The molecule has 0 saturated heterocycles. The Balaban J connectivity index is 1.91. The van der Waals surface area contributed by atoms with Crippen LogP contribution in [0.25, 0.3) is 11.1 Å². The van der Waals surface area contributed by atoms with Crippen molar-refractivity contribution in [2.75, 3.05) is 0 Å². The van der Waals surface area contributed by atoms with Crippen molar-refractivity contribution < 1.29 is 32.3 Å². The Morgan fingerprint density at radius 2 is 1.10 bits per heavy atom. The predicted octanol–water partition coefficient (Wildman–Crippen LogP) is 5.12. The Labute approximate surface area is 233 Å². The zero-order valence-electron chi connectivity index (χ0n) is 22.7. The lowest BCUT2D eigenvalue weighted by molar-refractivity contribution is -0.199. The zero-order chi connectivity index (χ0) is 28.9. The molecule has 4 atom stereocenters. The lowest BCUT2D eigenvalue weighted by Gasteiger charge is -2.43. The van der Waals surface area contributed by atoms with Gasteiger partial charge in [0.25, 0.3) is 6.29 Å². The number of benzene rings is 3. The average molecular weight is 559 g/mol. The van der Waals surface area contributed by atoms with E-state index < -0.39 is 50.1 Å². The highest BCUT2D eigenvalue weighted by molar-refractivity contribution is 7.92. The fraction of sp³-hybridized carbons (Fsp3) is 0.281. The van der Waals surface area contributed by atoms with E-state index in [0.29, 0.717) is 16.7 Å². The normalized spacial score (nSPS) is 25.8. The number of allylic oxidation sites excluding steroid dienone is 2. The van der Waals surface area contributed by atoms with Crippen LogP contribution in [0.5, 0.6) is 0 Å². The van der Waals surface area contributed by atoms with Crippen LogP contribution in [0.1, 0.15) is 38.8 Å². The lowest BCUT2D eigenvalue weighted by Crippen LogP contribution is -2.50. The fourth-order valence-electron chi connectivity index (χ4n) is 6.81. The van der Waals surface area contributed by atoms with Crippen molar-refractivity contribution in [1.29, 1.82) is 0 Å². The number of carbonyl (C=O) groups is 3. The fourth-order valence-corrected chi connectivity index (χ4v) is 9.27. The standard InChI is InChI=1S/C32H30O7S/c1-20(33)38-29(39-21(2)34)27-28(40(36,37)24-18-12-7-13-19-24)32(4)26(23-16-10-6-11-17-23)25(31(27,3)30(32)35)22-14-8-5-9-15-22/h5-19,27-29H,1-4H3. The second kappa shape index (κ2) is 9.86. The maximum Gasteiger partial charge on any atom is 0.305 e. The molecule has 0 aliphatic heterocycles. The van der Waals surface area contributed by atoms with Crippen LogP contribution in [-0.4, -0.2) is 37.7 Å². The molecule has 7 nitrogen and oxygen atoms in total. The van der Waals surface area contributed by atoms with Gasteiger partial charge in [0.2, 0.25) is 0 Å². The summed E-state index contributed by atoms with van der Waals surface area (Å²) in [4.78, 5) is 39.3. The molecule has 3 aromatic carbocycles. The number of ether oxygens (including phenoxy) is 2. The summed E-state index contributed by atoms with van der Waals surface area (Å²) in [5, 5.41) is -1.41. The predicted molar refractivity (Wildman–Crippen MR) is 149 cm³/mol. The molecule has 3 aromatic rings. The number of hydrogen-bond acceptors (Lipinski definition) is 7. The van der Waals surface area contributed by atoms with Crippen molar-refractivity contribution in [1.82, 2.24) is 0 Å². The molecule has 40 heavy (non-hydrogen) atoms. The van der Waals surface area contributed by atoms with Crippen molar-refractivity contribution in [3.8, 4) is 0 Å². The Hall–Kier alpha value is -4.04. The Morgan fingerprint density at radius 1 is 0.700 bits per heavy atom. The number of ketones is 1. The Morgan fingerprint density at radius 3 is 1.52 bits per heavy atom. The second-order valence-electron chi connectivity index (χ2n) is 10.6. The van der Waals surface area contributed by atoms with Crippen molar-refractivity contribution >= 4 is 38.7 Å². The number of Topliss-reactive ketones (excluding diaryl/α,β-unsaturated/α-hetero) is 1. The molecule has 0 spiro atoms. The van der Waals surface area contributed by atoms with Crippen molar-refractivity contribution in [2.45, 2.75) is 44.1 Å². The molecule has 0 N–H and O–H groups in total. The van der Waals surface area contributed by atoms with E-state index in [-0.39, 0.29) is 10.7 Å². The van der Waals surface area contributed by atoms with Gasteiger partial charge in [-0.15, -0.1) is 0 Å². The van der Waals surface area contributed by atoms with E-state index >= 15 is 0 Å². The van der Waals surface area contributed by atoms with Gasteiger partial charge >= 0.3 is 11.9 Å². The first-order valence-electron chi connectivity index (χ1n) is 13.0. The molecule has 0 radical (unpaired) electrons. The first-order chi connectivity index (χ1) is 18.9. The minimum absolute atomic E-state index is 0.0215. The molecule has 2 aliphatic rings. The number of rotatable bonds is 7. The van der Waals surface area contributed by atoms with E-state index in [2.05, 4.69) is 0 Å². The van der Waals surface area contributed by atoms with E-state index in [9.17, 15) is 22.8 Å². The van der Waals surface area contributed by atoms with Crippen molar-refractivity contribution in [3.63, 3.8) is 0 Å². The molecular formula is C32H30O7S. The maximum absolute atomic E-state index is 14.8. The zero-order valence-corrected chi connectivity index (χ0v) is 23.5. The summed E-state index contributed by atoms with van der Waals surface area (Å²) in [5.41, 5.74) is -0.407. The van der Waals surface area contributed by atoms with Crippen LogP contribution in [-0.2, 0) is 33.7 Å². The van der Waals surface area contributed by atoms with Gasteiger partial charge in [0.05, 0.1) is 26.9 Å². The van der Waals surface area contributed by atoms with Crippen LogP contribution in [0.4, 0.5) is 0 Å². The molecule has 2 bridgehead atoms. The number of sulfone groups is 1. The quantitative estimate of drug-likeness (QED) is 0.293. The topological polar surface area (TPSA) is 104 Å². The number of esters is 2. The molecule has 8 heteroatoms. The first kappa shape index (κ1) is 27.5. The van der Waals surface area contributed by atoms with Gasteiger partial charge < -0.3 is 9.47 Å². The van der Waals surface area contributed by atoms with E-state index in [0.717, 1.165) is 19.4 Å². The van der Waals surface area contributed by atoms with Gasteiger partial charge in [-0.25, -0.2) is 8.42 Å². The monoisotopic (exact) mass is 558 g/mol. The van der Waals surface area contributed by atoms with E-state index in [4.69, 9.17) is 9.47 Å². The summed E-state index contributed by atoms with van der Waals surface area (Å²) in [6.07, 6.45) is -1.62. The maximum atomic E-state index is 14.8. The summed E-state index contributed by atoms with van der Waals surface area (Å²) >= 11 is 0. The molecule has 1 saturated carbocycles. The van der Waals surface area contributed by atoms with Gasteiger partial charge in [0, 0.05) is 13.8 Å². The lowest BCUT2D eigenvalue weighted by atomic mass is 9.67. The van der Waals surface area contributed by atoms with Crippen LogP contribution in [0.15, 0.2) is 95.9 Å². The second-order valence-corrected chi connectivity index (χ2v) is 12.7. The summed E-state index contributed by atoms with van der Waals surface area (Å²) < 4.78 is 40.2.